The van der Waals surface area contributed by atoms with E-state index in [-0.39, 0.29) is 11.9 Å². The van der Waals surface area contributed by atoms with Gasteiger partial charge < -0.3 is 9.84 Å². The first-order valence-corrected chi connectivity index (χ1v) is 5.39. The van der Waals surface area contributed by atoms with Crippen LogP contribution >= 0.6 is 0 Å². The zero-order chi connectivity index (χ0) is 12.9. The zero-order valence-corrected chi connectivity index (χ0v) is 9.50. The van der Waals surface area contributed by atoms with E-state index in [0.29, 0.717) is 6.42 Å². The third kappa shape index (κ3) is 6.16. The fourth-order valence-corrected chi connectivity index (χ4v) is 1.46. The molecule has 0 amide bonds. The molecule has 0 saturated carbocycles. The van der Waals surface area contributed by atoms with Crippen LogP contribution in [0.25, 0.3) is 0 Å². The first kappa shape index (κ1) is 13.8. The van der Waals surface area contributed by atoms with Crippen LogP contribution in [0.5, 0.6) is 5.75 Å². The van der Waals surface area contributed by atoms with Gasteiger partial charge in [0, 0.05) is 0 Å². The van der Waals surface area contributed by atoms with Gasteiger partial charge in [-0.25, -0.2) is 0 Å². The van der Waals surface area contributed by atoms with E-state index in [4.69, 9.17) is 5.11 Å². The van der Waals surface area contributed by atoms with Crippen LogP contribution in [0.2, 0.25) is 0 Å². The summed E-state index contributed by atoms with van der Waals surface area (Å²) in [6.07, 6.45) is -2.77. The number of alkyl halides is 3. The Kier molecular flexibility index (Phi) is 4.81. The molecule has 1 aromatic carbocycles. The van der Waals surface area contributed by atoms with Gasteiger partial charge in [0.25, 0.3) is 0 Å². The monoisotopic (exact) mass is 248 g/mol. The van der Waals surface area contributed by atoms with Crippen LogP contribution in [0.3, 0.4) is 0 Å². The Balaban J connectivity index is 2.45. The number of aryl methyl sites for hydroxylation is 1. The van der Waals surface area contributed by atoms with Gasteiger partial charge in [0.1, 0.15) is 5.75 Å². The SMILES string of the molecule is CC(O)CCCc1ccc(OC(F)(F)F)cc1. The molecule has 1 aromatic rings. The van der Waals surface area contributed by atoms with Crippen molar-refractivity contribution in [3.8, 4) is 5.75 Å². The topological polar surface area (TPSA) is 29.5 Å². The minimum Gasteiger partial charge on any atom is -0.406 e. The van der Waals surface area contributed by atoms with E-state index in [1.165, 1.54) is 12.1 Å². The predicted octanol–water partition coefficient (Wildman–Crippen LogP) is 3.29. The van der Waals surface area contributed by atoms with Crippen molar-refractivity contribution in [2.45, 2.75) is 38.7 Å². The molecule has 0 saturated heterocycles. The maximum atomic E-state index is 11.9. The third-order valence-corrected chi connectivity index (χ3v) is 2.24. The molecule has 1 atom stereocenters. The molecule has 1 rings (SSSR count). The van der Waals surface area contributed by atoms with Gasteiger partial charge in [-0.2, -0.15) is 0 Å². The number of aliphatic hydroxyl groups is 1. The fraction of sp³-hybridized carbons (Fsp3) is 0.500. The second kappa shape index (κ2) is 5.91. The van der Waals surface area contributed by atoms with Crippen molar-refractivity contribution in [3.05, 3.63) is 29.8 Å². The molecule has 0 fully saturated rings. The molecular weight excluding hydrogens is 233 g/mol. The highest BCUT2D eigenvalue weighted by Gasteiger charge is 2.30. The lowest BCUT2D eigenvalue weighted by Crippen LogP contribution is -2.17. The summed E-state index contributed by atoms with van der Waals surface area (Å²) in [5, 5.41) is 9.06. The molecule has 17 heavy (non-hydrogen) atoms. The van der Waals surface area contributed by atoms with Crippen LogP contribution < -0.4 is 4.74 Å². The first-order chi connectivity index (χ1) is 7.87. The largest absolute Gasteiger partial charge is 0.573 e. The Hall–Kier alpha value is -1.23. The molecule has 2 nitrogen and oxygen atoms in total. The average molecular weight is 248 g/mol. The zero-order valence-electron chi connectivity index (χ0n) is 9.50. The number of hydrogen-bond donors (Lipinski definition) is 1. The predicted molar refractivity (Wildman–Crippen MR) is 57.7 cm³/mol. The second-order valence-electron chi connectivity index (χ2n) is 3.93. The van der Waals surface area contributed by atoms with E-state index in [1.807, 2.05) is 0 Å². The van der Waals surface area contributed by atoms with E-state index in [9.17, 15) is 13.2 Å². The first-order valence-electron chi connectivity index (χ1n) is 5.39. The molecular formula is C12H15F3O2. The molecule has 0 aliphatic heterocycles. The van der Waals surface area contributed by atoms with Gasteiger partial charge in [0.15, 0.2) is 0 Å². The molecule has 5 heteroatoms. The van der Waals surface area contributed by atoms with Crippen molar-refractivity contribution in [1.29, 1.82) is 0 Å². The van der Waals surface area contributed by atoms with Crippen molar-refractivity contribution >= 4 is 0 Å². The molecule has 0 heterocycles. The summed E-state index contributed by atoms with van der Waals surface area (Å²) in [7, 11) is 0. The Morgan fingerprint density at radius 3 is 2.29 bits per heavy atom. The second-order valence-corrected chi connectivity index (χ2v) is 3.93. The highest BCUT2D eigenvalue weighted by Crippen LogP contribution is 2.23. The third-order valence-electron chi connectivity index (χ3n) is 2.24. The number of aliphatic hydroxyl groups excluding tert-OH is 1. The van der Waals surface area contributed by atoms with E-state index < -0.39 is 6.36 Å². The fourth-order valence-electron chi connectivity index (χ4n) is 1.46. The average Bonchev–Trinajstić information content (AvgIpc) is 2.18. The summed E-state index contributed by atoms with van der Waals surface area (Å²) >= 11 is 0. The molecule has 96 valence electrons. The molecule has 0 spiro atoms. The number of halogens is 3. The normalized spacial score (nSPS) is 13.5. The lowest BCUT2D eigenvalue weighted by Gasteiger charge is -2.09. The van der Waals surface area contributed by atoms with Gasteiger partial charge in [-0.15, -0.1) is 13.2 Å². The summed E-state index contributed by atoms with van der Waals surface area (Å²) in [6, 6.07) is 5.79. The molecule has 0 aromatic heterocycles. The van der Waals surface area contributed by atoms with Crippen molar-refractivity contribution in [1.82, 2.24) is 0 Å². The number of hydrogen-bond acceptors (Lipinski definition) is 2. The Morgan fingerprint density at radius 2 is 1.82 bits per heavy atom. The van der Waals surface area contributed by atoms with Gasteiger partial charge in [0.2, 0.25) is 0 Å². The minimum atomic E-state index is -4.65. The van der Waals surface area contributed by atoms with Crippen molar-refractivity contribution in [3.63, 3.8) is 0 Å². The van der Waals surface area contributed by atoms with Crippen LogP contribution in [0.4, 0.5) is 13.2 Å². The molecule has 1 N–H and O–H groups in total. The van der Waals surface area contributed by atoms with Crippen LogP contribution in [0.15, 0.2) is 24.3 Å². The summed E-state index contributed by atoms with van der Waals surface area (Å²) in [6.45, 7) is 1.71. The van der Waals surface area contributed by atoms with Gasteiger partial charge >= 0.3 is 6.36 Å². The lowest BCUT2D eigenvalue weighted by molar-refractivity contribution is -0.274. The number of rotatable bonds is 5. The maximum absolute atomic E-state index is 11.9. The van der Waals surface area contributed by atoms with E-state index >= 15 is 0 Å². The van der Waals surface area contributed by atoms with E-state index in [1.54, 1.807) is 19.1 Å². The van der Waals surface area contributed by atoms with Crippen LogP contribution in [0.1, 0.15) is 25.3 Å². The number of benzene rings is 1. The summed E-state index contributed by atoms with van der Waals surface area (Å²) in [5.41, 5.74) is 0.931. The smallest absolute Gasteiger partial charge is 0.406 e. The van der Waals surface area contributed by atoms with Crippen molar-refractivity contribution < 1.29 is 23.0 Å². The molecule has 0 aliphatic rings. The lowest BCUT2D eigenvalue weighted by atomic mass is 10.1. The summed E-state index contributed by atoms with van der Waals surface area (Å²) in [4.78, 5) is 0. The Labute approximate surface area is 98.0 Å². The van der Waals surface area contributed by atoms with Crippen LogP contribution in [-0.2, 0) is 6.42 Å². The standard InChI is InChI=1S/C12H15F3O2/c1-9(16)3-2-4-10-5-7-11(8-6-10)17-12(13,14)15/h5-9,16H,2-4H2,1H3. The minimum absolute atomic E-state index is 0.211. The van der Waals surface area contributed by atoms with Crippen molar-refractivity contribution in [2.75, 3.05) is 0 Å². The Bertz CT molecular complexity index is 331. The summed E-state index contributed by atoms with van der Waals surface area (Å²) in [5.74, 6) is -0.211. The highest BCUT2D eigenvalue weighted by atomic mass is 19.4. The van der Waals surface area contributed by atoms with Gasteiger partial charge in [-0.3, -0.25) is 0 Å². The summed E-state index contributed by atoms with van der Waals surface area (Å²) < 4.78 is 39.4. The number of ether oxygens (including phenoxy) is 1. The van der Waals surface area contributed by atoms with Crippen LogP contribution in [-0.4, -0.2) is 17.6 Å². The van der Waals surface area contributed by atoms with E-state index in [0.717, 1.165) is 18.4 Å². The molecule has 0 aliphatic carbocycles. The van der Waals surface area contributed by atoms with Gasteiger partial charge in [0.05, 0.1) is 6.10 Å². The Morgan fingerprint density at radius 1 is 1.24 bits per heavy atom. The van der Waals surface area contributed by atoms with Crippen molar-refractivity contribution in [2.24, 2.45) is 0 Å². The van der Waals surface area contributed by atoms with Crippen LogP contribution in [0, 0.1) is 0 Å². The van der Waals surface area contributed by atoms with Gasteiger partial charge in [-0.05, 0) is 43.9 Å². The molecule has 1 unspecified atom stereocenters. The van der Waals surface area contributed by atoms with Gasteiger partial charge in [-0.1, -0.05) is 12.1 Å². The quantitative estimate of drug-likeness (QED) is 0.866. The molecule has 0 radical (unpaired) electrons. The van der Waals surface area contributed by atoms with E-state index in [2.05, 4.69) is 4.74 Å². The maximum Gasteiger partial charge on any atom is 0.573 e. The molecule has 0 bridgehead atoms. The highest BCUT2D eigenvalue weighted by molar-refractivity contribution is 5.27.